The maximum atomic E-state index is 5.90. The van der Waals surface area contributed by atoms with E-state index in [0.29, 0.717) is 12.6 Å². The van der Waals surface area contributed by atoms with Crippen LogP contribution in [0.3, 0.4) is 0 Å². The summed E-state index contributed by atoms with van der Waals surface area (Å²) in [5.41, 5.74) is 2.36. The number of benzene rings is 2. The summed E-state index contributed by atoms with van der Waals surface area (Å²) < 4.78 is 11.4. The average molecular weight is 298 g/mol. The Morgan fingerprint density at radius 3 is 2.64 bits per heavy atom. The SMILES string of the molecule is COc1cc([C@@H]2CNCCN2)ccc1OCc1ccccc1. The molecule has 4 nitrogen and oxygen atoms in total. The summed E-state index contributed by atoms with van der Waals surface area (Å²) in [7, 11) is 1.68. The molecule has 22 heavy (non-hydrogen) atoms. The van der Waals surface area contributed by atoms with Gasteiger partial charge in [0.05, 0.1) is 7.11 Å². The molecule has 4 heteroatoms. The Hall–Kier alpha value is -2.04. The number of piperazine rings is 1. The topological polar surface area (TPSA) is 42.5 Å². The molecule has 0 bridgehead atoms. The van der Waals surface area contributed by atoms with E-state index in [1.807, 2.05) is 24.3 Å². The van der Waals surface area contributed by atoms with Crippen LogP contribution in [0, 0.1) is 0 Å². The zero-order valence-electron chi connectivity index (χ0n) is 12.8. The average Bonchev–Trinajstić information content (AvgIpc) is 2.61. The van der Waals surface area contributed by atoms with Gasteiger partial charge in [0.2, 0.25) is 0 Å². The van der Waals surface area contributed by atoms with Gasteiger partial charge in [-0.25, -0.2) is 0 Å². The van der Waals surface area contributed by atoms with Gasteiger partial charge in [0.1, 0.15) is 6.61 Å². The summed E-state index contributed by atoms with van der Waals surface area (Å²) >= 11 is 0. The van der Waals surface area contributed by atoms with Gasteiger partial charge in [-0.05, 0) is 23.3 Å². The summed E-state index contributed by atoms with van der Waals surface area (Å²) in [5.74, 6) is 1.56. The molecule has 1 aliphatic heterocycles. The second kappa shape index (κ2) is 7.29. The van der Waals surface area contributed by atoms with E-state index in [9.17, 15) is 0 Å². The lowest BCUT2D eigenvalue weighted by Gasteiger charge is -2.25. The molecule has 1 fully saturated rings. The van der Waals surface area contributed by atoms with Gasteiger partial charge in [-0.15, -0.1) is 0 Å². The minimum Gasteiger partial charge on any atom is -0.493 e. The van der Waals surface area contributed by atoms with Crippen molar-refractivity contribution < 1.29 is 9.47 Å². The molecule has 0 aromatic heterocycles. The molecule has 1 saturated heterocycles. The minimum absolute atomic E-state index is 0.325. The first kappa shape index (κ1) is 14.9. The van der Waals surface area contributed by atoms with Crippen LogP contribution >= 0.6 is 0 Å². The Morgan fingerprint density at radius 2 is 1.91 bits per heavy atom. The monoisotopic (exact) mass is 298 g/mol. The second-order valence-corrected chi connectivity index (χ2v) is 5.40. The highest BCUT2D eigenvalue weighted by Crippen LogP contribution is 2.31. The molecule has 3 rings (SSSR count). The fourth-order valence-electron chi connectivity index (χ4n) is 2.64. The third-order valence-corrected chi connectivity index (χ3v) is 3.87. The normalized spacial score (nSPS) is 18.0. The third-order valence-electron chi connectivity index (χ3n) is 3.87. The largest absolute Gasteiger partial charge is 0.493 e. The summed E-state index contributed by atoms with van der Waals surface area (Å²) in [6.07, 6.45) is 0. The van der Waals surface area contributed by atoms with Crippen molar-refractivity contribution in [1.82, 2.24) is 10.6 Å². The summed E-state index contributed by atoms with van der Waals surface area (Å²) in [5, 5.41) is 6.90. The molecule has 2 aromatic carbocycles. The lowest BCUT2D eigenvalue weighted by Crippen LogP contribution is -2.42. The van der Waals surface area contributed by atoms with Crippen molar-refractivity contribution in [1.29, 1.82) is 0 Å². The van der Waals surface area contributed by atoms with Gasteiger partial charge in [-0.1, -0.05) is 36.4 Å². The van der Waals surface area contributed by atoms with Crippen LogP contribution in [-0.2, 0) is 6.61 Å². The number of hydrogen-bond donors (Lipinski definition) is 2. The first-order valence-electron chi connectivity index (χ1n) is 7.65. The number of nitrogens with one attached hydrogen (secondary N) is 2. The first-order valence-corrected chi connectivity index (χ1v) is 7.65. The summed E-state index contributed by atoms with van der Waals surface area (Å²) in [6.45, 7) is 3.48. The van der Waals surface area contributed by atoms with Crippen LogP contribution in [0.5, 0.6) is 11.5 Å². The van der Waals surface area contributed by atoms with E-state index < -0.39 is 0 Å². The summed E-state index contributed by atoms with van der Waals surface area (Å²) in [6, 6.07) is 16.6. The van der Waals surface area contributed by atoms with Crippen LogP contribution in [0.4, 0.5) is 0 Å². The standard InChI is InChI=1S/C18H22N2O2/c1-21-18-11-15(16-12-19-9-10-20-16)7-8-17(18)22-13-14-5-3-2-4-6-14/h2-8,11,16,19-20H,9-10,12-13H2,1H3/t16-/m0/s1. The number of methoxy groups -OCH3 is 1. The molecule has 1 aliphatic rings. The van der Waals surface area contributed by atoms with Gasteiger partial charge in [0, 0.05) is 25.7 Å². The number of rotatable bonds is 5. The maximum Gasteiger partial charge on any atom is 0.161 e. The first-order chi connectivity index (χ1) is 10.9. The summed E-state index contributed by atoms with van der Waals surface area (Å²) in [4.78, 5) is 0. The fourth-order valence-corrected chi connectivity index (χ4v) is 2.64. The molecule has 1 atom stereocenters. The molecule has 0 aliphatic carbocycles. The predicted molar refractivity (Wildman–Crippen MR) is 87.4 cm³/mol. The molecule has 0 unspecified atom stereocenters. The minimum atomic E-state index is 0.325. The Labute approximate surface area is 131 Å². The van der Waals surface area contributed by atoms with Gasteiger partial charge in [0.15, 0.2) is 11.5 Å². The molecular weight excluding hydrogens is 276 g/mol. The lowest BCUT2D eigenvalue weighted by molar-refractivity contribution is 0.284. The molecule has 116 valence electrons. The van der Waals surface area contributed by atoms with Crippen LogP contribution < -0.4 is 20.1 Å². The molecule has 1 heterocycles. The van der Waals surface area contributed by atoms with E-state index in [1.165, 1.54) is 5.56 Å². The molecule has 0 radical (unpaired) electrons. The second-order valence-electron chi connectivity index (χ2n) is 5.40. The third kappa shape index (κ3) is 3.59. The van der Waals surface area contributed by atoms with Gasteiger partial charge in [0.25, 0.3) is 0 Å². The highest BCUT2D eigenvalue weighted by molar-refractivity contribution is 5.44. The van der Waals surface area contributed by atoms with E-state index in [4.69, 9.17) is 9.47 Å². The van der Waals surface area contributed by atoms with Crippen molar-refractivity contribution in [2.24, 2.45) is 0 Å². The number of hydrogen-bond acceptors (Lipinski definition) is 4. The quantitative estimate of drug-likeness (QED) is 0.890. The van der Waals surface area contributed by atoms with Crippen LogP contribution in [0.1, 0.15) is 17.2 Å². The number of ether oxygens (including phenoxy) is 2. The van der Waals surface area contributed by atoms with Crippen molar-refractivity contribution in [3.63, 3.8) is 0 Å². The molecule has 0 spiro atoms. The van der Waals surface area contributed by atoms with E-state index in [2.05, 4.69) is 34.9 Å². The van der Waals surface area contributed by atoms with E-state index in [0.717, 1.165) is 36.7 Å². The highest BCUT2D eigenvalue weighted by atomic mass is 16.5. The van der Waals surface area contributed by atoms with Gasteiger partial charge >= 0.3 is 0 Å². The zero-order chi connectivity index (χ0) is 15.2. The van der Waals surface area contributed by atoms with Crippen molar-refractivity contribution >= 4 is 0 Å². The smallest absolute Gasteiger partial charge is 0.161 e. The van der Waals surface area contributed by atoms with Crippen LogP contribution in [0.2, 0.25) is 0 Å². The van der Waals surface area contributed by atoms with Crippen molar-refractivity contribution in [3.05, 3.63) is 59.7 Å². The van der Waals surface area contributed by atoms with Crippen LogP contribution in [0.25, 0.3) is 0 Å². The highest BCUT2D eigenvalue weighted by Gasteiger charge is 2.16. The van der Waals surface area contributed by atoms with Crippen LogP contribution in [-0.4, -0.2) is 26.7 Å². The van der Waals surface area contributed by atoms with E-state index >= 15 is 0 Å². The molecule has 2 N–H and O–H groups in total. The van der Waals surface area contributed by atoms with Crippen molar-refractivity contribution in [2.45, 2.75) is 12.6 Å². The fraction of sp³-hybridized carbons (Fsp3) is 0.333. The molecule has 0 saturated carbocycles. The molecule has 0 amide bonds. The predicted octanol–water partition coefficient (Wildman–Crippen LogP) is 2.51. The Balaban J connectivity index is 1.71. The maximum absolute atomic E-state index is 5.90. The van der Waals surface area contributed by atoms with E-state index in [1.54, 1.807) is 7.11 Å². The van der Waals surface area contributed by atoms with E-state index in [-0.39, 0.29) is 0 Å². The molecule has 2 aromatic rings. The lowest BCUT2D eigenvalue weighted by atomic mass is 10.0. The van der Waals surface area contributed by atoms with Gasteiger partial charge < -0.3 is 20.1 Å². The Bertz CT molecular complexity index is 595. The van der Waals surface area contributed by atoms with Gasteiger partial charge in [-0.3, -0.25) is 0 Å². The van der Waals surface area contributed by atoms with Gasteiger partial charge in [-0.2, -0.15) is 0 Å². The Morgan fingerprint density at radius 1 is 1.05 bits per heavy atom. The zero-order valence-corrected chi connectivity index (χ0v) is 12.8. The van der Waals surface area contributed by atoms with Crippen molar-refractivity contribution in [3.8, 4) is 11.5 Å². The Kier molecular flexibility index (Phi) is 4.93. The van der Waals surface area contributed by atoms with Crippen LogP contribution in [0.15, 0.2) is 48.5 Å². The molecular formula is C18H22N2O2. The van der Waals surface area contributed by atoms with Crippen molar-refractivity contribution in [2.75, 3.05) is 26.7 Å².